The van der Waals surface area contributed by atoms with E-state index in [1.165, 1.54) is 0 Å². The van der Waals surface area contributed by atoms with Crippen LogP contribution in [0.1, 0.15) is 62.5 Å². The maximum atomic E-state index is 12.3. The molecule has 0 saturated heterocycles. The molecule has 1 aliphatic rings. The van der Waals surface area contributed by atoms with Gasteiger partial charge in [-0.3, -0.25) is 4.79 Å². The van der Waals surface area contributed by atoms with Crippen molar-refractivity contribution >= 4 is 23.6 Å². The van der Waals surface area contributed by atoms with Crippen LogP contribution in [0.2, 0.25) is 5.15 Å². The molecule has 0 aliphatic heterocycles. The number of alkyl carbamates (subject to hydrolysis) is 1. The number of aryl methyl sites for hydroxylation is 1. The fourth-order valence-electron chi connectivity index (χ4n) is 3.28. The molecule has 1 fully saturated rings. The van der Waals surface area contributed by atoms with Crippen molar-refractivity contribution in [2.75, 3.05) is 13.1 Å². The first-order valence-corrected chi connectivity index (χ1v) is 9.89. The molecule has 0 spiro atoms. The van der Waals surface area contributed by atoms with Crippen LogP contribution in [0.15, 0.2) is 12.1 Å². The molecule has 7 heteroatoms. The molecule has 1 saturated carbocycles. The van der Waals surface area contributed by atoms with E-state index in [2.05, 4.69) is 15.6 Å². The Morgan fingerprint density at radius 3 is 2.19 bits per heavy atom. The molecule has 27 heavy (non-hydrogen) atoms. The summed E-state index contributed by atoms with van der Waals surface area (Å²) in [5.41, 5.74) is 0.797. The van der Waals surface area contributed by atoms with Crippen LogP contribution in [0.5, 0.6) is 0 Å². The number of nitrogens with one attached hydrogen (secondary N) is 2. The van der Waals surface area contributed by atoms with Gasteiger partial charge in [-0.05, 0) is 77.3 Å². The topological polar surface area (TPSA) is 80.3 Å². The monoisotopic (exact) mass is 395 g/mol. The molecular formula is C20H30ClN3O3. The summed E-state index contributed by atoms with van der Waals surface area (Å²) in [7, 11) is 0. The van der Waals surface area contributed by atoms with Gasteiger partial charge in [-0.25, -0.2) is 9.78 Å². The molecule has 1 heterocycles. The number of hydrogen-bond donors (Lipinski definition) is 2. The third-order valence-electron chi connectivity index (χ3n) is 4.64. The van der Waals surface area contributed by atoms with Crippen molar-refractivity contribution in [2.45, 2.75) is 59.0 Å². The van der Waals surface area contributed by atoms with Gasteiger partial charge in [-0.2, -0.15) is 0 Å². The molecule has 2 N–H and O–H groups in total. The average Bonchev–Trinajstić information content (AvgIpc) is 2.56. The van der Waals surface area contributed by atoms with Crippen molar-refractivity contribution in [2.24, 2.45) is 11.8 Å². The van der Waals surface area contributed by atoms with Crippen molar-refractivity contribution < 1.29 is 14.3 Å². The lowest BCUT2D eigenvalue weighted by molar-refractivity contribution is 0.0512. The zero-order chi connectivity index (χ0) is 20.0. The quantitative estimate of drug-likeness (QED) is 0.735. The number of hydrogen-bond acceptors (Lipinski definition) is 4. The van der Waals surface area contributed by atoms with Crippen LogP contribution in [0.3, 0.4) is 0 Å². The highest BCUT2D eigenvalue weighted by atomic mass is 35.5. The maximum absolute atomic E-state index is 12.3. The van der Waals surface area contributed by atoms with Crippen molar-refractivity contribution in [3.8, 4) is 0 Å². The first kappa shape index (κ1) is 21.5. The summed E-state index contributed by atoms with van der Waals surface area (Å²) in [5, 5.41) is 6.19. The number of aromatic nitrogens is 1. The van der Waals surface area contributed by atoms with Crippen LogP contribution >= 0.6 is 11.6 Å². The van der Waals surface area contributed by atoms with Gasteiger partial charge in [0.2, 0.25) is 0 Å². The largest absolute Gasteiger partial charge is 0.444 e. The Bertz CT molecular complexity index is 645. The molecule has 0 bridgehead atoms. The van der Waals surface area contributed by atoms with E-state index in [1.807, 2.05) is 27.7 Å². The Morgan fingerprint density at radius 2 is 1.67 bits per heavy atom. The summed E-state index contributed by atoms with van der Waals surface area (Å²) in [6.45, 7) is 8.68. The highest BCUT2D eigenvalue weighted by molar-refractivity contribution is 6.29. The minimum Gasteiger partial charge on any atom is -0.444 e. The third kappa shape index (κ3) is 7.75. The number of pyridine rings is 1. The molecular weight excluding hydrogens is 366 g/mol. The molecule has 0 atom stereocenters. The Hall–Kier alpha value is -1.82. The molecule has 0 radical (unpaired) electrons. The summed E-state index contributed by atoms with van der Waals surface area (Å²) < 4.78 is 5.26. The van der Waals surface area contributed by atoms with Gasteiger partial charge in [0, 0.05) is 24.3 Å². The second-order valence-corrected chi connectivity index (χ2v) is 8.69. The summed E-state index contributed by atoms with van der Waals surface area (Å²) >= 11 is 5.92. The van der Waals surface area contributed by atoms with Gasteiger partial charge in [0.15, 0.2) is 0 Å². The molecule has 6 nitrogen and oxygen atoms in total. The highest BCUT2D eigenvalue weighted by Crippen LogP contribution is 2.28. The second kappa shape index (κ2) is 9.40. The van der Waals surface area contributed by atoms with E-state index in [0.717, 1.165) is 31.4 Å². The standard InChI is InChI=1S/C20H30ClN3O3/c1-13-9-16(10-17(21)24-13)18(25)22-11-14-5-7-15(8-6-14)12-23-19(26)27-20(2,3)4/h9-10,14-15H,5-8,11-12H2,1-4H3,(H,22,25)(H,23,26)/t14-,15-. The average molecular weight is 396 g/mol. The summed E-state index contributed by atoms with van der Waals surface area (Å²) in [6.07, 6.45) is 3.80. The van der Waals surface area contributed by atoms with E-state index in [4.69, 9.17) is 16.3 Å². The number of rotatable bonds is 5. The third-order valence-corrected chi connectivity index (χ3v) is 4.83. The van der Waals surface area contributed by atoms with Gasteiger partial charge >= 0.3 is 6.09 Å². The Labute approximate surface area is 166 Å². The van der Waals surface area contributed by atoms with Gasteiger partial charge in [-0.15, -0.1) is 0 Å². The highest BCUT2D eigenvalue weighted by Gasteiger charge is 2.23. The van der Waals surface area contributed by atoms with Gasteiger partial charge in [-0.1, -0.05) is 11.6 Å². The van der Waals surface area contributed by atoms with Crippen LogP contribution in [-0.2, 0) is 4.74 Å². The second-order valence-electron chi connectivity index (χ2n) is 8.30. The van der Waals surface area contributed by atoms with Gasteiger partial charge in [0.1, 0.15) is 10.8 Å². The van der Waals surface area contributed by atoms with Crippen molar-refractivity contribution in [1.29, 1.82) is 0 Å². The molecule has 0 aromatic carbocycles. The molecule has 2 rings (SSSR count). The normalized spacial score (nSPS) is 20.0. The van der Waals surface area contributed by atoms with E-state index < -0.39 is 5.60 Å². The zero-order valence-electron chi connectivity index (χ0n) is 16.6. The van der Waals surface area contributed by atoms with Crippen LogP contribution in [0.4, 0.5) is 4.79 Å². The predicted octanol–water partition coefficient (Wildman–Crippen LogP) is 4.10. The minimum atomic E-state index is -0.475. The first-order valence-electron chi connectivity index (χ1n) is 9.51. The maximum Gasteiger partial charge on any atom is 0.407 e. The van der Waals surface area contributed by atoms with Gasteiger partial charge < -0.3 is 15.4 Å². The van der Waals surface area contributed by atoms with E-state index in [0.29, 0.717) is 35.6 Å². The minimum absolute atomic E-state index is 0.115. The van der Waals surface area contributed by atoms with Crippen LogP contribution in [-0.4, -0.2) is 35.7 Å². The Morgan fingerprint density at radius 1 is 1.11 bits per heavy atom. The summed E-state index contributed by atoms with van der Waals surface area (Å²) in [4.78, 5) is 28.1. The fourth-order valence-corrected chi connectivity index (χ4v) is 3.53. The Balaban J connectivity index is 1.68. The molecule has 1 aliphatic carbocycles. The molecule has 1 aromatic rings. The Kier molecular flexibility index (Phi) is 7.48. The van der Waals surface area contributed by atoms with E-state index in [-0.39, 0.29) is 12.0 Å². The number of amides is 2. The number of halogens is 1. The summed E-state index contributed by atoms with van der Waals surface area (Å²) in [5.74, 6) is 0.812. The lowest BCUT2D eigenvalue weighted by atomic mass is 9.82. The van der Waals surface area contributed by atoms with Crippen molar-refractivity contribution in [3.05, 3.63) is 28.5 Å². The lowest BCUT2D eigenvalue weighted by Crippen LogP contribution is -2.37. The molecule has 0 unspecified atom stereocenters. The van der Waals surface area contributed by atoms with Gasteiger partial charge in [0.25, 0.3) is 5.91 Å². The SMILES string of the molecule is Cc1cc(C(=O)NC[C@H]2CC[C@H](CNC(=O)OC(C)(C)C)CC2)cc(Cl)n1. The van der Waals surface area contributed by atoms with Crippen molar-refractivity contribution in [3.63, 3.8) is 0 Å². The van der Waals surface area contributed by atoms with E-state index in [9.17, 15) is 9.59 Å². The lowest BCUT2D eigenvalue weighted by Gasteiger charge is -2.29. The predicted molar refractivity (Wildman–Crippen MR) is 106 cm³/mol. The number of carbonyl (C=O) groups excluding carboxylic acids is 2. The molecule has 150 valence electrons. The number of carbonyl (C=O) groups is 2. The van der Waals surface area contributed by atoms with Crippen LogP contribution in [0.25, 0.3) is 0 Å². The van der Waals surface area contributed by atoms with Gasteiger partial charge in [0.05, 0.1) is 0 Å². The van der Waals surface area contributed by atoms with Crippen molar-refractivity contribution in [1.82, 2.24) is 15.6 Å². The number of nitrogens with zero attached hydrogens (tertiary/aromatic N) is 1. The fraction of sp³-hybridized carbons (Fsp3) is 0.650. The van der Waals surface area contributed by atoms with Crippen LogP contribution < -0.4 is 10.6 Å². The first-order chi connectivity index (χ1) is 12.6. The van der Waals surface area contributed by atoms with Crippen LogP contribution in [0, 0.1) is 18.8 Å². The molecule has 2 amide bonds. The van der Waals surface area contributed by atoms with E-state index >= 15 is 0 Å². The smallest absolute Gasteiger partial charge is 0.407 e. The molecule has 1 aromatic heterocycles. The number of ether oxygens (including phenoxy) is 1. The summed E-state index contributed by atoms with van der Waals surface area (Å²) in [6, 6.07) is 3.32. The van der Waals surface area contributed by atoms with E-state index in [1.54, 1.807) is 12.1 Å². The zero-order valence-corrected chi connectivity index (χ0v) is 17.4.